The van der Waals surface area contributed by atoms with E-state index in [-0.39, 0.29) is 31.1 Å². The van der Waals surface area contributed by atoms with E-state index in [1.165, 1.54) is 51.4 Å². The first-order valence-corrected chi connectivity index (χ1v) is 26.5. The van der Waals surface area contributed by atoms with E-state index >= 15 is 0 Å². The van der Waals surface area contributed by atoms with Crippen molar-refractivity contribution in [2.24, 2.45) is 0 Å². The summed E-state index contributed by atoms with van der Waals surface area (Å²) in [4.78, 5) is 38.1. The van der Waals surface area contributed by atoms with Gasteiger partial charge in [-0.15, -0.1) is 0 Å². The highest BCUT2D eigenvalue weighted by molar-refractivity contribution is 5.71. The summed E-state index contributed by atoms with van der Waals surface area (Å²) >= 11 is 0. The molecule has 1 unspecified atom stereocenters. The number of rotatable bonds is 45. The van der Waals surface area contributed by atoms with E-state index in [4.69, 9.17) is 14.2 Å². The van der Waals surface area contributed by atoms with E-state index in [1.54, 1.807) is 0 Å². The van der Waals surface area contributed by atoms with Gasteiger partial charge in [-0.05, 0) is 89.9 Å². The van der Waals surface area contributed by atoms with Crippen LogP contribution in [0.2, 0.25) is 0 Å². The maximum absolute atomic E-state index is 12.8. The van der Waals surface area contributed by atoms with E-state index in [1.807, 2.05) is 85.1 Å². The summed E-state index contributed by atoms with van der Waals surface area (Å²) in [7, 11) is 0. The average molecular weight is 923 g/mol. The molecule has 0 spiro atoms. The van der Waals surface area contributed by atoms with Crippen LogP contribution >= 0.6 is 0 Å². The third kappa shape index (κ3) is 52.1. The molecule has 0 fully saturated rings. The zero-order valence-electron chi connectivity index (χ0n) is 42.6. The molecular formula is C61H94O6. The van der Waals surface area contributed by atoms with Gasteiger partial charge in [0.05, 0.1) is 0 Å². The Labute approximate surface area is 410 Å². The normalized spacial score (nSPS) is 13.3. The first-order valence-electron chi connectivity index (χ1n) is 26.5. The topological polar surface area (TPSA) is 78.9 Å². The number of allylic oxidation sites excluding steroid dienone is 24. The Balaban J connectivity index is 4.57. The molecule has 0 aliphatic carbocycles. The van der Waals surface area contributed by atoms with E-state index in [0.29, 0.717) is 19.3 Å². The minimum absolute atomic E-state index is 0.115. The van der Waals surface area contributed by atoms with Crippen molar-refractivity contribution in [2.45, 2.75) is 207 Å². The van der Waals surface area contributed by atoms with Crippen LogP contribution in [0.5, 0.6) is 0 Å². The molecule has 0 radical (unpaired) electrons. The van der Waals surface area contributed by atoms with Crippen molar-refractivity contribution < 1.29 is 28.6 Å². The smallest absolute Gasteiger partial charge is 0.306 e. The lowest BCUT2D eigenvalue weighted by Gasteiger charge is -2.18. The molecule has 1 atom stereocenters. The second-order valence-corrected chi connectivity index (χ2v) is 16.9. The molecule has 0 aromatic carbocycles. The van der Waals surface area contributed by atoms with Gasteiger partial charge in [-0.2, -0.15) is 0 Å². The Morgan fingerprint density at radius 2 is 0.642 bits per heavy atom. The summed E-state index contributed by atoms with van der Waals surface area (Å²) in [6.45, 7) is 6.24. The molecule has 6 nitrogen and oxygen atoms in total. The molecule has 0 rings (SSSR count). The zero-order valence-corrected chi connectivity index (χ0v) is 42.6. The molecule has 0 amide bonds. The van der Waals surface area contributed by atoms with Crippen molar-refractivity contribution in [3.8, 4) is 0 Å². The number of unbranched alkanes of at least 4 members (excludes halogenated alkanes) is 18. The van der Waals surface area contributed by atoms with Crippen LogP contribution < -0.4 is 0 Å². The number of hydrogen-bond donors (Lipinski definition) is 0. The van der Waals surface area contributed by atoms with Crippen molar-refractivity contribution in [1.29, 1.82) is 0 Å². The van der Waals surface area contributed by atoms with Gasteiger partial charge in [0.1, 0.15) is 13.2 Å². The van der Waals surface area contributed by atoms with Crippen molar-refractivity contribution in [3.63, 3.8) is 0 Å². The number of hydrogen-bond acceptors (Lipinski definition) is 6. The SMILES string of the molecule is CC\C=C/C=C\C=C/C=C\C=C\C=C/CCCCCC(=O)OCC(COC(=O)CCCCCCC\C=C/C=C\C=C/C=C\CC)OC(=O)CCCCCCCCC/C=C\C/C=C\CCCCC. The summed E-state index contributed by atoms with van der Waals surface area (Å²) in [5, 5.41) is 0. The Morgan fingerprint density at radius 1 is 0.328 bits per heavy atom. The number of ether oxygens (including phenoxy) is 3. The highest BCUT2D eigenvalue weighted by Gasteiger charge is 2.19. The summed E-state index contributed by atoms with van der Waals surface area (Å²) in [6, 6.07) is 0. The monoisotopic (exact) mass is 923 g/mol. The third-order valence-corrected chi connectivity index (χ3v) is 10.6. The third-order valence-electron chi connectivity index (χ3n) is 10.6. The average Bonchev–Trinajstić information content (AvgIpc) is 3.33. The number of carbonyl (C=O) groups is 3. The minimum Gasteiger partial charge on any atom is -0.462 e. The van der Waals surface area contributed by atoms with Gasteiger partial charge in [0, 0.05) is 19.3 Å². The lowest BCUT2D eigenvalue weighted by molar-refractivity contribution is -0.167. The molecule has 0 saturated carbocycles. The molecule has 0 saturated heterocycles. The van der Waals surface area contributed by atoms with Gasteiger partial charge >= 0.3 is 17.9 Å². The standard InChI is InChI=1S/C61H94O6/c1-4-7-10-13-16-19-22-25-28-30-33-36-39-42-45-48-51-54-60(63)66-57-58(56-65-59(62)53-50-47-44-41-38-35-32-27-24-21-18-15-12-9-6-3)67-61(64)55-52-49-46-43-40-37-34-31-29-26-23-20-17-14-11-8-5-2/h7,9-10,12-13,15-22,24-30,32-33,36,39,58H,4-6,8,11,14,23,31,34-35,37-38,40-57H2,1-3H3/b10-7-,12-9-,16-13-,18-15-,20-17-,22-19-,24-21-,28-25-,29-26-,32-27-,33-30+,39-36-. The van der Waals surface area contributed by atoms with Gasteiger partial charge in [-0.1, -0.05) is 237 Å². The Morgan fingerprint density at radius 3 is 1.04 bits per heavy atom. The van der Waals surface area contributed by atoms with Gasteiger partial charge in [0.15, 0.2) is 6.10 Å². The Bertz CT molecular complexity index is 1530. The fourth-order valence-electron chi connectivity index (χ4n) is 6.63. The van der Waals surface area contributed by atoms with Crippen LogP contribution in [0.25, 0.3) is 0 Å². The maximum Gasteiger partial charge on any atom is 0.306 e. The second-order valence-electron chi connectivity index (χ2n) is 16.9. The molecule has 0 aliphatic heterocycles. The molecular weight excluding hydrogens is 829 g/mol. The number of carbonyl (C=O) groups excluding carboxylic acids is 3. The highest BCUT2D eigenvalue weighted by Crippen LogP contribution is 2.13. The summed E-state index contributed by atoms with van der Waals surface area (Å²) < 4.78 is 16.8. The fourth-order valence-corrected chi connectivity index (χ4v) is 6.63. The molecule has 374 valence electrons. The van der Waals surface area contributed by atoms with Crippen LogP contribution in [0.3, 0.4) is 0 Å². The first-order chi connectivity index (χ1) is 33.0. The van der Waals surface area contributed by atoms with E-state index < -0.39 is 6.10 Å². The molecule has 0 bridgehead atoms. The summed E-state index contributed by atoms with van der Waals surface area (Å²) in [5.74, 6) is -0.998. The molecule has 6 heteroatoms. The molecule has 0 N–H and O–H groups in total. The van der Waals surface area contributed by atoms with Crippen LogP contribution in [-0.2, 0) is 28.6 Å². The largest absolute Gasteiger partial charge is 0.462 e. The van der Waals surface area contributed by atoms with Crippen molar-refractivity contribution in [1.82, 2.24) is 0 Å². The summed E-state index contributed by atoms with van der Waals surface area (Å²) in [6.07, 6.45) is 76.8. The first kappa shape index (κ1) is 62.3. The maximum atomic E-state index is 12.8. The van der Waals surface area contributed by atoms with E-state index in [0.717, 1.165) is 109 Å². The van der Waals surface area contributed by atoms with Gasteiger partial charge < -0.3 is 14.2 Å². The molecule has 0 aliphatic rings. The van der Waals surface area contributed by atoms with Crippen LogP contribution in [-0.4, -0.2) is 37.2 Å². The summed E-state index contributed by atoms with van der Waals surface area (Å²) in [5.41, 5.74) is 0. The van der Waals surface area contributed by atoms with Crippen LogP contribution in [0.15, 0.2) is 146 Å². The molecule has 0 aromatic rings. The molecule has 0 aromatic heterocycles. The second kappa shape index (κ2) is 53.9. The highest BCUT2D eigenvalue weighted by atomic mass is 16.6. The number of esters is 3. The van der Waals surface area contributed by atoms with Gasteiger partial charge in [0.2, 0.25) is 0 Å². The molecule has 67 heavy (non-hydrogen) atoms. The van der Waals surface area contributed by atoms with Crippen molar-refractivity contribution in [3.05, 3.63) is 146 Å². The quantitative estimate of drug-likeness (QED) is 0.0199. The minimum atomic E-state index is -0.818. The zero-order chi connectivity index (χ0) is 48.6. The van der Waals surface area contributed by atoms with Gasteiger partial charge in [0.25, 0.3) is 0 Å². The van der Waals surface area contributed by atoms with Gasteiger partial charge in [-0.25, -0.2) is 0 Å². The van der Waals surface area contributed by atoms with Crippen LogP contribution in [0, 0.1) is 0 Å². The van der Waals surface area contributed by atoms with Crippen LogP contribution in [0.1, 0.15) is 201 Å². The van der Waals surface area contributed by atoms with E-state index in [2.05, 4.69) is 81.5 Å². The van der Waals surface area contributed by atoms with E-state index in [9.17, 15) is 14.4 Å². The van der Waals surface area contributed by atoms with Crippen molar-refractivity contribution >= 4 is 17.9 Å². The predicted molar refractivity (Wildman–Crippen MR) is 288 cm³/mol. The lowest BCUT2D eigenvalue weighted by Crippen LogP contribution is -2.30. The fraction of sp³-hybridized carbons (Fsp3) is 0.557. The van der Waals surface area contributed by atoms with Crippen LogP contribution in [0.4, 0.5) is 0 Å². The van der Waals surface area contributed by atoms with Gasteiger partial charge in [-0.3, -0.25) is 14.4 Å². The lowest BCUT2D eigenvalue weighted by atomic mass is 10.1. The predicted octanol–water partition coefficient (Wildman–Crippen LogP) is 17.6. The van der Waals surface area contributed by atoms with Crippen molar-refractivity contribution in [2.75, 3.05) is 13.2 Å². The molecule has 0 heterocycles. The Hall–Kier alpha value is -4.71. The Kier molecular flexibility index (Phi) is 50.1.